The summed E-state index contributed by atoms with van der Waals surface area (Å²) in [7, 11) is 1.47. The number of aromatic hydroxyl groups is 1. The highest BCUT2D eigenvalue weighted by molar-refractivity contribution is 5.86. The third kappa shape index (κ3) is 4.09. The van der Waals surface area contributed by atoms with Crippen molar-refractivity contribution < 1.29 is 14.6 Å². The van der Waals surface area contributed by atoms with E-state index in [0.29, 0.717) is 24.2 Å². The van der Waals surface area contributed by atoms with Crippen LogP contribution in [0.15, 0.2) is 23.3 Å². The summed E-state index contributed by atoms with van der Waals surface area (Å²) in [5.41, 5.74) is 5.83. The Morgan fingerprint density at radius 2 is 2.26 bits per heavy atom. The molecule has 0 saturated carbocycles. The molecule has 0 radical (unpaired) electrons. The van der Waals surface area contributed by atoms with E-state index in [0.717, 1.165) is 17.0 Å². The van der Waals surface area contributed by atoms with Gasteiger partial charge in [0, 0.05) is 17.7 Å². The molecule has 3 N–H and O–H groups in total. The van der Waals surface area contributed by atoms with Crippen molar-refractivity contribution in [2.24, 2.45) is 5.10 Å². The minimum absolute atomic E-state index is 0.0161. The number of methoxy groups -OCH3 is 1. The van der Waals surface area contributed by atoms with E-state index in [2.05, 4.69) is 20.7 Å². The first kappa shape index (κ1) is 16.5. The fourth-order valence-electron chi connectivity index (χ4n) is 2.22. The van der Waals surface area contributed by atoms with Crippen molar-refractivity contribution in [1.29, 1.82) is 0 Å². The van der Waals surface area contributed by atoms with E-state index in [1.807, 2.05) is 13.8 Å². The lowest BCUT2D eigenvalue weighted by Crippen LogP contribution is -2.18. The molecule has 0 saturated heterocycles. The number of aromatic nitrogens is 2. The van der Waals surface area contributed by atoms with Crippen LogP contribution < -0.4 is 10.2 Å². The highest BCUT2D eigenvalue weighted by atomic mass is 16.5. The van der Waals surface area contributed by atoms with E-state index in [9.17, 15) is 9.90 Å². The van der Waals surface area contributed by atoms with Gasteiger partial charge in [0.2, 0.25) is 5.91 Å². The number of hydrazone groups is 1. The SMILES string of the molecule is COc1cccc(/C=N/NC(=O)CCc2c(C)n[nH]c2C)c1O. The second-order valence-corrected chi connectivity index (χ2v) is 5.10. The minimum atomic E-state index is -0.205. The first-order chi connectivity index (χ1) is 11.0. The van der Waals surface area contributed by atoms with Crippen LogP contribution in [-0.4, -0.2) is 34.5 Å². The summed E-state index contributed by atoms with van der Waals surface area (Å²) in [5.74, 6) is 0.132. The van der Waals surface area contributed by atoms with Gasteiger partial charge in [-0.15, -0.1) is 0 Å². The zero-order valence-electron chi connectivity index (χ0n) is 13.4. The Bertz CT molecular complexity index is 703. The number of H-pyrrole nitrogens is 1. The van der Waals surface area contributed by atoms with Crippen LogP contribution in [0.5, 0.6) is 11.5 Å². The number of nitrogens with one attached hydrogen (secondary N) is 2. The van der Waals surface area contributed by atoms with E-state index in [4.69, 9.17) is 4.74 Å². The number of carbonyl (C=O) groups is 1. The summed E-state index contributed by atoms with van der Waals surface area (Å²) in [6, 6.07) is 5.04. The molecule has 1 amide bonds. The fourth-order valence-corrected chi connectivity index (χ4v) is 2.22. The van der Waals surface area contributed by atoms with Crippen molar-refractivity contribution in [1.82, 2.24) is 15.6 Å². The van der Waals surface area contributed by atoms with Gasteiger partial charge < -0.3 is 9.84 Å². The van der Waals surface area contributed by atoms with E-state index < -0.39 is 0 Å². The molecular weight excluding hydrogens is 296 g/mol. The largest absolute Gasteiger partial charge is 0.504 e. The molecule has 0 aliphatic heterocycles. The maximum Gasteiger partial charge on any atom is 0.240 e. The molecule has 0 spiro atoms. The first-order valence-electron chi connectivity index (χ1n) is 7.21. The molecule has 1 aromatic carbocycles. The molecule has 7 heteroatoms. The lowest BCUT2D eigenvalue weighted by molar-refractivity contribution is -0.121. The van der Waals surface area contributed by atoms with Gasteiger partial charge in [-0.3, -0.25) is 9.89 Å². The topological polar surface area (TPSA) is 99.6 Å². The van der Waals surface area contributed by atoms with Crippen LogP contribution >= 0.6 is 0 Å². The molecule has 122 valence electrons. The number of para-hydroxylation sites is 1. The van der Waals surface area contributed by atoms with Crippen molar-refractivity contribution in [2.75, 3.05) is 7.11 Å². The zero-order chi connectivity index (χ0) is 16.8. The summed E-state index contributed by atoms with van der Waals surface area (Å²) < 4.78 is 5.01. The van der Waals surface area contributed by atoms with Crippen LogP contribution in [0.3, 0.4) is 0 Å². The second-order valence-electron chi connectivity index (χ2n) is 5.10. The Balaban J connectivity index is 1.89. The number of phenols is 1. The molecule has 0 aliphatic carbocycles. The second kappa shape index (κ2) is 7.44. The molecule has 0 bridgehead atoms. The van der Waals surface area contributed by atoms with Crippen molar-refractivity contribution in [3.05, 3.63) is 40.7 Å². The standard InChI is InChI=1S/C16H20N4O3/c1-10-13(11(2)19-18-10)7-8-15(21)20-17-9-12-5-4-6-14(23-3)16(12)22/h4-6,9,22H,7-8H2,1-3H3,(H,18,19)(H,20,21)/b17-9+. The van der Waals surface area contributed by atoms with Gasteiger partial charge >= 0.3 is 0 Å². The average molecular weight is 316 g/mol. The molecule has 0 unspecified atom stereocenters. The van der Waals surface area contributed by atoms with Crippen molar-refractivity contribution in [2.45, 2.75) is 26.7 Å². The monoisotopic (exact) mass is 316 g/mol. The van der Waals surface area contributed by atoms with Gasteiger partial charge in [0.1, 0.15) is 0 Å². The fraction of sp³-hybridized carbons (Fsp3) is 0.312. The molecule has 2 aromatic rings. The maximum atomic E-state index is 11.8. The van der Waals surface area contributed by atoms with Crippen molar-refractivity contribution in [3.63, 3.8) is 0 Å². The summed E-state index contributed by atoms with van der Waals surface area (Å²) in [6.45, 7) is 3.83. The van der Waals surface area contributed by atoms with Crippen LogP contribution in [0.25, 0.3) is 0 Å². The van der Waals surface area contributed by atoms with Crippen LogP contribution in [0.2, 0.25) is 0 Å². The Morgan fingerprint density at radius 3 is 2.91 bits per heavy atom. The number of aromatic amines is 1. The number of rotatable bonds is 6. The van der Waals surface area contributed by atoms with Crippen LogP contribution in [0.1, 0.15) is 28.9 Å². The van der Waals surface area contributed by atoms with Crippen LogP contribution in [0.4, 0.5) is 0 Å². The molecule has 1 heterocycles. The van der Waals surface area contributed by atoms with Gasteiger partial charge in [-0.25, -0.2) is 5.43 Å². The van der Waals surface area contributed by atoms with Crippen molar-refractivity contribution in [3.8, 4) is 11.5 Å². The first-order valence-corrected chi connectivity index (χ1v) is 7.21. The molecule has 7 nitrogen and oxygen atoms in total. The van der Waals surface area contributed by atoms with Gasteiger partial charge in [-0.2, -0.15) is 10.2 Å². The molecule has 0 atom stereocenters. The van der Waals surface area contributed by atoms with E-state index in [1.54, 1.807) is 18.2 Å². The van der Waals surface area contributed by atoms with E-state index >= 15 is 0 Å². The number of hydrogen-bond donors (Lipinski definition) is 3. The molecule has 0 aliphatic rings. The molecular formula is C16H20N4O3. The Kier molecular flexibility index (Phi) is 5.35. The van der Waals surface area contributed by atoms with Crippen LogP contribution in [0, 0.1) is 13.8 Å². The van der Waals surface area contributed by atoms with Gasteiger partial charge in [-0.1, -0.05) is 6.07 Å². The lowest BCUT2D eigenvalue weighted by Gasteiger charge is -2.05. The Hall–Kier alpha value is -2.83. The van der Waals surface area contributed by atoms with Gasteiger partial charge in [0.15, 0.2) is 11.5 Å². The number of aryl methyl sites for hydroxylation is 2. The number of amides is 1. The van der Waals surface area contributed by atoms with Crippen molar-refractivity contribution >= 4 is 12.1 Å². The van der Waals surface area contributed by atoms with E-state index in [-0.39, 0.29) is 11.7 Å². The third-order valence-electron chi connectivity index (χ3n) is 3.53. The van der Waals surface area contributed by atoms with Gasteiger partial charge in [0.25, 0.3) is 0 Å². The quantitative estimate of drug-likeness (QED) is 0.559. The average Bonchev–Trinajstić information content (AvgIpc) is 2.85. The number of hydrogen-bond acceptors (Lipinski definition) is 5. The van der Waals surface area contributed by atoms with E-state index in [1.165, 1.54) is 13.3 Å². The highest BCUT2D eigenvalue weighted by Crippen LogP contribution is 2.27. The number of phenolic OH excluding ortho intramolecular Hbond substituents is 1. The summed E-state index contributed by atoms with van der Waals surface area (Å²) in [4.78, 5) is 11.8. The summed E-state index contributed by atoms with van der Waals surface area (Å²) in [5, 5.41) is 20.8. The summed E-state index contributed by atoms with van der Waals surface area (Å²) in [6.07, 6.45) is 2.28. The van der Waals surface area contributed by atoms with Crippen LogP contribution in [-0.2, 0) is 11.2 Å². The predicted octanol–water partition coefficient (Wildman–Crippen LogP) is 1.82. The predicted molar refractivity (Wildman–Crippen MR) is 86.8 cm³/mol. The Labute approximate surface area is 134 Å². The number of nitrogens with zero attached hydrogens (tertiary/aromatic N) is 2. The number of carbonyl (C=O) groups excluding carboxylic acids is 1. The van der Waals surface area contributed by atoms with Gasteiger partial charge in [0.05, 0.1) is 19.0 Å². The number of ether oxygens (including phenoxy) is 1. The Morgan fingerprint density at radius 1 is 1.48 bits per heavy atom. The molecule has 0 fully saturated rings. The normalized spacial score (nSPS) is 10.9. The smallest absolute Gasteiger partial charge is 0.240 e. The molecule has 23 heavy (non-hydrogen) atoms. The lowest BCUT2D eigenvalue weighted by atomic mass is 10.1. The summed E-state index contributed by atoms with van der Waals surface area (Å²) >= 11 is 0. The zero-order valence-corrected chi connectivity index (χ0v) is 13.4. The molecule has 2 rings (SSSR count). The third-order valence-corrected chi connectivity index (χ3v) is 3.53. The molecule has 1 aromatic heterocycles. The maximum absolute atomic E-state index is 11.8. The number of benzene rings is 1. The minimum Gasteiger partial charge on any atom is -0.504 e. The van der Waals surface area contributed by atoms with Gasteiger partial charge in [-0.05, 0) is 38.0 Å². The highest BCUT2D eigenvalue weighted by Gasteiger charge is 2.09.